The highest BCUT2D eigenvalue weighted by molar-refractivity contribution is 5.99. The van der Waals surface area contributed by atoms with E-state index >= 15 is 0 Å². The lowest BCUT2D eigenvalue weighted by molar-refractivity contribution is 0.0734. The van der Waals surface area contributed by atoms with E-state index < -0.39 is 12.1 Å². The van der Waals surface area contributed by atoms with Gasteiger partial charge in [-0.3, -0.25) is 10.2 Å². The van der Waals surface area contributed by atoms with E-state index in [1.54, 1.807) is 48.5 Å². The van der Waals surface area contributed by atoms with Crippen LogP contribution >= 0.6 is 0 Å². The molecule has 0 aromatic heterocycles. The van der Waals surface area contributed by atoms with Crippen molar-refractivity contribution in [2.24, 2.45) is 5.16 Å². The molecule has 0 atom stereocenters. The molecule has 1 N–H and O–H groups in total. The summed E-state index contributed by atoms with van der Waals surface area (Å²) in [5.41, 5.74) is 1.78. The van der Waals surface area contributed by atoms with E-state index in [4.69, 9.17) is 9.57 Å². The Kier molecular flexibility index (Phi) is 6.00. The zero-order chi connectivity index (χ0) is 21.5. The van der Waals surface area contributed by atoms with Crippen molar-refractivity contribution in [2.75, 3.05) is 5.32 Å². The van der Waals surface area contributed by atoms with Crippen LogP contribution in [0.15, 0.2) is 102 Å². The molecule has 0 radical (unpaired) electrons. The van der Waals surface area contributed by atoms with E-state index in [2.05, 4.69) is 10.5 Å². The maximum Gasteiger partial charge on any atom is 0.437 e. The number of anilines is 1. The van der Waals surface area contributed by atoms with E-state index in [-0.39, 0.29) is 0 Å². The Balaban J connectivity index is 1.32. The van der Waals surface area contributed by atoms with Crippen LogP contribution in [-0.4, -0.2) is 18.3 Å². The second-order valence-corrected chi connectivity index (χ2v) is 6.59. The summed E-state index contributed by atoms with van der Waals surface area (Å²) in [6.45, 7) is 0. The molecular formula is C25H18N2O4. The maximum atomic E-state index is 12.1. The summed E-state index contributed by atoms with van der Waals surface area (Å²) in [6, 6.07) is 28.7. The first-order valence-corrected chi connectivity index (χ1v) is 9.55. The fourth-order valence-corrected chi connectivity index (χ4v) is 2.98. The lowest BCUT2D eigenvalue weighted by Crippen LogP contribution is -2.11. The molecule has 0 aliphatic carbocycles. The fraction of sp³-hybridized carbons (Fsp3) is 0. The quantitative estimate of drug-likeness (QED) is 0.152. The van der Waals surface area contributed by atoms with Crippen molar-refractivity contribution in [3.8, 4) is 5.75 Å². The number of benzene rings is 4. The van der Waals surface area contributed by atoms with Gasteiger partial charge in [0.05, 0.1) is 11.8 Å². The number of fused-ring (bicyclic) bond motifs is 1. The first kappa shape index (κ1) is 19.8. The number of nitrogens with zero attached hydrogens (tertiary/aromatic N) is 1. The van der Waals surface area contributed by atoms with Gasteiger partial charge in [0, 0.05) is 11.3 Å². The topological polar surface area (TPSA) is 77.0 Å². The molecule has 0 saturated carbocycles. The van der Waals surface area contributed by atoms with Crippen LogP contribution in [0.4, 0.5) is 10.5 Å². The second kappa shape index (κ2) is 9.37. The molecule has 4 aromatic rings. The van der Waals surface area contributed by atoms with Crippen molar-refractivity contribution in [1.82, 2.24) is 0 Å². The Hall–Kier alpha value is -4.45. The average molecular weight is 410 g/mol. The van der Waals surface area contributed by atoms with Crippen molar-refractivity contribution in [2.45, 2.75) is 0 Å². The van der Waals surface area contributed by atoms with Gasteiger partial charge in [-0.05, 0) is 47.2 Å². The SMILES string of the molecule is O=C(Nc1ccc(OC(=O)c2ccccc2)cc1)O/N=C/c1cccc2ccccc12. The highest BCUT2D eigenvalue weighted by Gasteiger charge is 2.08. The van der Waals surface area contributed by atoms with Gasteiger partial charge in [-0.2, -0.15) is 0 Å². The van der Waals surface area contributed by atoms with Crippen molar-refractivity contribution < 1.29 is 19.2 Å². The number of amides is 1. The summed E-state index contributed by atoms with van der Waals surface area (Å²) in [4.78, 5) is 28.9. The summed E-state index contributed by atoms with van der Waals surface area (Å²) in [6.07, 6.45) is 0.763. The third-order valence-electron chi connectivity index (χ3n) is 4.47. The Labute approximate surface area is 178 Å². The Morgan fingerprint density at radius 2 is 1.48 bits per heavy atom. The van der Waals surface area contributed by atoms with E-state index in [1.165, 1.54) is 6.21 Å². The standard InChI is InChI=1S/C25H18N2O4/c28-24(19-8-2-1-3-9-19)30-22-15-13-21(14-16-22)27-25(29)31-26-17-20-11-6-10-18-7-4-5-12-23(18)20/h1-17H,(H,27,29)/b26-17+. The first-order chi connectivity index (χ1) is 15.2. The summed E-state index contributed by atoms with van der Waals surface area (Å²) in [5, 5.41) is 8.42. The normalized spacial score (nSPS) is 10.7. The molecule has 0 bridgehead atoms. The minimum Gasteiger partial charge on any atom is -0.423 e. The van der Waals surface area contributed by atoms with E-state index in [0.717, 1.165) is 16.3 Å². The molecule has 0 saturated heterocycles. The van der Waals surface area contributed by atoms with Gasteiger partial charge >= 0.3 is 12.1 Å². The molecule has 6 heteroatoms. The van der Waals surface area contributed by atoms with Crippen molar-refractivity contribution in [3.05, 3.63) is 108 Å². The molecule has 0 unspecified atom stereocenters. The minimum absolute atomic E-state index is 0.363. The predicted octanol–water partition coefficient (Wildman–Crippen LogP) is 5.64. The van der Waals surface area contributed by atoms with Gasteiger partial charge in [-0.15, -0.1) is 0 Å². The lowest BCUT2D eigenvalue weighted by atomic mass is 10.1. The van der Waals surface area contributed by atoms with Gasteiger partial charge in [0.1, 0.15) is 5.75 Å². The molecule has 4 aromatic carbocycles. The Morgan fingerprint density at radius 3 is 2.29 bits per heavy atom. The van der Waals surface area contributed by atoms with Gasteiger partial charge < -0.3 is 4.74 Å². The molecular weight excluding hydrogens is 392 g/mol. The van der Waals surface area contributed by atoms with E-state index in [9.17, 15) is 9.59 Å². The third kappa shape index (κ3) is 5.13. The monoisotopic (exact) mass is 410 g/mol. The molecule has 4 rings (SSSR count). The summed E-state index contributed by atoms with van der Waals surface area (Å²) in [7, 11) is 0. The number of hydrogen-bond donors (Lipinski definition) is 1. The number of hydrogen-bond acceptors (Lipinski definition) is 5. The molecule has 0 spiro atoms. The molecule has 0 aliphatic rings. The van der Waals surface area contributed by atoms with E-state index in [0.29, 0.717) is 17.0 Å². The van der Waals surface area contributed by atoms with Crippen molar-refractivity contribution in [1.29, 1.82) is 0 Å². The lowest BCUT2D eigenvalue weighted by Gasteiger charge is -2.06. The van der Waals surface area contributed by atoms with E-state index in [1.807, 2.05) is 48.5 Å². The van der Waals surface area contributed by atoms with Crippen LogP contribution < -0.4 is 10.1 Å². The number of carbonyl (C=O) groups is 2. The maximum absolute atomic E-state index is 12.1. The molecule has 0 fully saturated rings. The zero-order valence-corrected chi connectivity index (χ0v) is 16.4. The number of oxime groups is 1. The van der Waals surface area contributed by atoms with Gasteiger partial charge in [0.25, 0.3) is 0 Å². The minimum atomic E-state index is -0.731. The number of carbonyl (C=O) groups excluding carboxylic acids is 2. The number of esters is 1. The average Bonchev–Trinajstić information content (AvgIpc) is 2.81. The first-order valence-electron chi connectivity index (χ1n) is 9.55. The Morgan fingerprint density at radius 1 is 0.774 bits per heavy atom. The molecule has 0 aliphatic heterocycles. The number of rotatable bonds is 5. The van der Waals surface area contributed by atoms with Crippen LogP contribution in [-0.2, 0) is 4.84 Å². The van der Waals surface area contributed by atoms with Crippen LogP contribution in [0, 0.1) is 0 Å². The summed E-state index contributed by atoms with van der Waals surface area (Å²) >= 11 is 0. The van der Waals surface area contributed by atoms with Crippen LogP contribution in [0.5, 0.6) is 5.75 Å². The Bertz CT molecular complexity index is 1230. The molecule has 0 heterocycles. The largest absolute Gasteiger partial charge is 0.437 e. The van der Waals surface area contributed by atoms with Crippen LogP contribution in [0.25, 0.3) is 10.8 Å². The van der Waals surface area contributed by atoms with Crippen LogP contribution in [0.2, 0.25) is 0 Å². The second-order valence-electron chi connectivity index (χ2n) is 6.59. The summed E-state index contributed by atoms with van der Waals surface area (Å²) < 4.78 is 5.30. The number of ether oxygens (including phenoxy) is 1. The van der Waals surface area contributed by atoms with Crippen LogP contribution in [0.3, 0.4) is 0 Å². The third-order valence-corrected chi connectivity index (χ3v) is 4.47. The van der Waals surface area contributed by atoms with Crippen molar-refractivity contribution >= 4 is 34.7 Å². The van der Waals surface area contributed by atoms with Gasteiger partial charge in [0.15, 0.2) is 0 Å². The van der Waals surface area contributed by atoms with Crippen molar-refractivity contribution in [3.63, 3.8) is 0 Å². The van der Waals surface area contributed by atoms with Gasteiger partial charge in [-0.1, -0.05) is 65.8 Å². The molecule has 6 nitrogen and oxygen atoms in total. The zero-order valence-electron chi connectivity index (χ0n) is 16.4. The molecule has 1 amide bonds. The smallest absolute Gasteiger partial charge is 0.423 e. The fourth-order valence-electron chi connectivity index (χ4n) is 2.98. The molecule has 31 heavy (non-hydrogen) atoms. The molecule has 152 valence electrons. The number of nitrogens with one attached hydrogen (secondary N) is 1. The highest BCUT2D eigenvalue weighted by atomic mass is 16.7. The van der Waals surface area contributed by atoms with Gasteiger partial charge in [0.2, 0.25) is 0 Å². The highest BCUT2D eigenvalue weighted by Crippen LogP contribution is 2.18. The van der Waals surface area contributed by atoms with Crippen LogP contribution in [0.1, 0.15) is 15.9 Å². The van der Waals surface area contributed by atoms with Gasteiger partial charge in [-0.25, -0.2) is 9.59 Å². The predicted molar refractivity (Wildman–Crippen MR) is 119 cm³/mol. The summed E-state index contributed by atoms with van der Waals surface area (Å²) in [5.74, 6) is -0.0924.